The molecule has 1 aliphatic heterocycles. The number of hydrogen-bond acceptors (Lipinski definition) is 5. The van der Waals surface area contributed by atoms with Crippen molar-refractivity contribution in [2.45, 2.75) is 57.9 Å². The van der Waals surface area contributed by atoms with E-state index in [1.807, 2.05) is 0 Å². The first kappa shape index (κ1) is 16.5. The molecule has 2 aliphatic rings. The number of nitrogens with zero attached hydrogens (tertiary/aromatic N) is 3. The highest BCUT2D eigenvalue weighted by atomic mass is 16.3. The Balaban J connectivity index is 1.63. The highest BCUT2D eigenvalue weighted by molar-refractivity contribution is 5.49. The molecule has 23 heavy (non-hydrogen) atoms. The van der Waals surface area contributed by atoms with Crippen molar-refractivity contribution >= 4 is 11.6 Å². The molecule has 0 aromatic carbocycles. The van der Waals surface area contributed by atoms with Crippen molar-refractivity contribution < 1.29 is 5.11 Å². The monoisotopic (exact) mass is 318 g/mol. The van der Waals surface area contributed by atoms with Gasteiger partial charge in [-0.25, -0.2) is 9.97 Å². The molecule has 2 fully saturated rings. The normalized spacial score (nSPS) is 28.6. The third kappa shape index (κ3) is 4.34. The Morgan fingerprint density at radius 1 is 1.22 bits per heavy atom. The number of anilines is 2. The highest BCUT2D eigenvalue weighted by Crippen LogP contribution is 2.29. The van der Waals surface area contributed by atoms with Gasteiger partial charge in [0.25, 0.3) is 0 Å². The Hall–Kier alpha value is -1.36. The lowest BCUT2D eigenvalue weighted by Crippen LogP contribution is -2.37. The first-order chi connectivity index (χ1) is 11.3. The van der Waals surface area contributed by atoms with E-state index in [1.54, 1.807) is 6.33 Å². The Morgan fingerprint density at radius 3 is 2.91 bits per heavy atom. The Bertz CT molecular complexity index is 496. The van der Waals surface area contributed by atoms with Crippen LogP contribution in [0.5, 0.6) is 0 Å². The fourth-order valence-corrected chi connectivity index (χ4v) is 4.02. The number of hydrogen-bond donors (Lipinski definition) is 2. The van der Waals surface area contributed by atoms with E-state index in [-0.39, 0.29) is 6.61 Å². The molecule has 128 valence electrons. The maximum absolute atomic E-state index is 9.40. The van der Waals surface area contributed by atoms with Gasteiger partial charge in [-0.05, 0) is 37.5 Å². The summed E-state index contributed by atoms with van der Waals surface area (Å²) in [6.45, 7) is 4.49. The number of rotatable bonds is 5. The molecular formula is C18H30N4O. The molecule has 1 aromatic rings. The molecule has 3 rings (SSSR count). The summed E-state index contributed by atoms with van der Waals surface area (Å²) in [5, 5.41) is 13.0. The molecule has 1 saturated heterocycles. The minimum absolute atomic E-state index is 0.271. The third-order valence-electron chi connectivity index (χ3n) is 5.47. The Morgan fingerprint density at radius 2 is 2.09 bits per heavy atom. The second-order valence-corrected chi connectivity index (χ2v) is 7.18. The zero-order valence-electron chi connectivity index (χ0n) is 14.2. The molecule has 3 unspecified atom stereocenters. The third-order valence-corrected chi connectivity index (χ3v) is 5.47. The van der Waals surface area contributed by atoms with E-state index in [9.17, 15) is 5.11 Å². The van der Waals surface area contributed by atoms with Crippen LogP contribution >= 0.6 is 0 Å². The predicted octanol–water partition coefficient (Wildman–Crippen LogP) is 3.07. The number of aromatic nitrogens is 2. The van der Waals surface area contributed by atoms with Crippen LogP contribution < -0.4 is 10.2 Å². The van der Waals surface area contributed by atoms with Gasteiger partial charge in [-0.1, -0.05) is 26.2 Å². The molecular weight excluding hydrogens is 288 g/mol. The lowest BCUT2D eigenvalue weighted by atomic mass is 9.84. The van der Waals surface area contributed by atoms with E-state index in [0.29, 0.717) is 12.0 Å². The van der Waals surface area contributed by atoms with Crippen molar-refractivity contribution in [2.75, 3.05) is 29.9 Å². The van der Waals surface area contributed by atoms with Crippen molar-refractivity contribution in [1.29, 1.82) is 0 Å². The molecule has 0 radical (unpaired) electrons. The van der Waals surface area contributed by atoms with Gasteiger partial charge in [0.15, 0.2) is 0 Å². The van der Waals surface area contributed by atoms with E-state index in [4.69, 9.17) is 0 Å². The van der Waals surface area contributed by atoms with Crippen LogP contribution in [0, 0.1) is 11.8 Å². The van der Waals surface area contributed by atoms with Crippen LogP contribution in [0.15, 0.2) is 12.4 Å². The van der Waals surface area contributed by atoms with Crippen LogP contribution in [0.25, 0.3) is 0 Å². The first-order valence-corrected chi connectivity index (χ1v) is 9.23. The largest absolute Gasteiger partial charge is 0.396 e. The fraction of sp³-hybridized carbons (Fsp3) is 0.778. The van der Waals surface area contributed by atoms with Crippen LogP contribution in [0.4, 0.5) is 11.6 Å². The average molecular weight is 318 g/mol. The summed E-state index contributed by atoms with van der Waals surface area (Å²) < 4.78 is 0. The van der Waals surface area contributed by atoms with E-state index in [1.165, 1.54) is 32.1 Å². The van der Waals surface area contributed by atoms with Gasteiger partial charge in [-0.2, -0.15) is 0 Å². The molecule has 0 amide bonds. The maximum atomic E-state index is 9.40. The molecule has 0 bridgehead atoms. The minimum Gasteiger partial charge on any atom is -0.396 e. The van der Waals surface area contributed by atoms with Gasteiger partial charge >= 0.3 is 0 Å². The Kier molecular flexibility index (Phi) is 5.70. The average Bonchev–Trinajstić information content (AvgIpc) is 2.62. The molecule has 0 spiro atoms. The van der Waals surface area contributed by atoms with Gasteiger partial charge < -0.3 is 15.3 Å². The van der Waals surface area contributed by atoms with E-state index in [0.717, 1.165) is 43.5 Å². The molecule has 2 N–H and O–H groups in total. The molecule has 5 nitrogen and oxygen atoms in total. The van der Waals surface area contributed by atoms with E-state index >= 15 is 0 Å². The second-order valence-electron chi connectivity index (χ2n) is 7.18. The van der Waals surface area contributed by atoms with Gasteiger partial charge in [0.05, 0.1) is 0 Å². The van der Waals surface area contributed by atoms with Crippen LogP contribution in [0.1, 0.15) is 51.9 Å². The second kappa shape index (κ2) is 7.95. The predicted molar refractivity (Wildman–Crippen MR) is 93.7 cm³/mol. The molecule has 1 saturated carbocycles. The van der Waals surface area contributed by atoms with Crippen LogP contribution in [0.3, 0.4) is 0 Å². The van der Waals surface area contributed by atoms with Crippen molar-refractivity contribution in [3.63, 3.8) is 0 Å². The summed E-state index contributed by atoms with van der Waals surface area (Å²) in [6, 6.07) is 2.62. The minimum atomic E-state index is 0.271. The summed E-state index contributed by atoms with van der Waals surface area (Å²) in [4.78, 5) is 11.2. The van der Waals surface area contributed by atoms with E-state index in [2.05, 4.69) is 33.2 Å². The molecule has 2 heterocycles. The summed E-state index contributed by atoms with van der Waals surface area (Å²) >= 11 is 0. The highest BCUT2D eigenvalue weighted by Gasteiger charge is 2.23. The van der Waals surface area contributed by atoms with Gasteiger partial charge in [0.1, 0.15) is 18.0 Å². The zero-order chi connectivity index (χ0) is 16.1. The van der Waals surface area contributed by atoms with Gasteiger partial charge in [-0.3, -0.25) is 0 Å². The number of aliphatic hydroxyl groups excluding tert-OH is 1. The van der Waals surface area contributed by atoms with Crippen molar-refractivity contribution in [2.24, 2.45) is 11.8 Å². The Labute approximate surface area is 139 Å². The zero-order valence-corrected chi connectivity index (χ0v) is 14.2. The van der Waals surface area contributed by atoms with Crippen molar-refractivity contribution in [1.82, 2.24) is 9.97 Å². The summed E-state index contributed by atoms with van der Waals surface area (Å²) in [5.41, 5.74) is 0. The number of aliphatic hydroxyl groups is 1. The van der Waals surface area contributed by atoms with Crippen LogP contribution in [-0.4, -0.2) is 40.8 Å². The standard InChI is InChI=1S/C18H30N4O/c1-2-14-5-3-7-16(9-14)21-17-10-18(20-13-19-17)22-8-4-6-15(11-22)12-23/h10,13-16,23H,2-9,11-12H2,1H3,(H,19,20,21). The summed E-state index contributed by atoms with van der Waals surface area (Å²) in [7, 11) is 0. The SMILES string of the molecule is CCC1CCCC(Nc2cc(N3CCCC(CO)C3)ncn2)C1. The molecule has 3 atom stereocenters. The van der Waals surface area contributed by atoms with Crippen molar-refractivity contribution in [3.8, 4) is 0 Å². The van der Waals surface area contributed by atoms with Gasteiger partial charge in [0, 0.05) is 31.8 Å². The fourth-order valence-electron chi connectivity index (χ4n) is 4.02. The summed E-state index contributed by atoms with van der Waals surface area (Å²) in [5.74, 6) is 3.17. The lowest BCUT2D eigenvalue weighted by molar-refractivity contribution is 0.208. The van der Waals surface area contributed by atoms with E-state index < -0.39 is 0 Å². The maximum Gasteiger partial charge on any atom is 0.134 e. The van der Waals surface area contributed by atoms with Gasteiger partial charge in [-0.15, -0.1) is 0 Å². The molecule has 5 heteroatoms. The topological polar surface area (TPSA) is 61.3 Å². The van der Waals surface area contributed by atoms with Crippen LogP contribution in [-0.2, 0) is 0 Å². The lowest BCUT2D eigenvalue weighted by Gasteiger charge is -2.33. The summed E-state index contributed by atoms with van der Waals surface area (Å²) in [6.07, 6.45) is 10.4. The van der Waals surface area contributed by atoms with Crippen molar-refractivity contribution in [3.05, 3.63) is 12.4 Å². The molecule has 1 aromatic heterocycles. The smallest absolute Gasteiger partial charge is 0.134 e. The molecule has 1 aliphatic carbocycles. The number of nitrogens with one attached hydrogen (secondary N) is 1. The van der Waals surface area contributed by atoms with Crippen LogP contribution in [0.2, 0.25) is 0 Å². The number of piperidine rings is 1. The quantitative estimate of drug-likeness (QED) is 0.873. The van der Waals surface area contributed by atoms with Gasteiger partial charge in [0.2, 0.25) is 0 Å². The first-order valence-electron chi connectivity index (χ1n) is 9.23.